The minimum atomic E-state index is 0.0286. The maximum absolute atomic E-state index is 8.67. The van der Waals surface area contributed by atoms with E-state index in [1.165, 1.54) is 0 Å². The van der Waals surface area contributed by atoms with Gasteiger partial charge in [0.25, 0.3) is 0 Å². The maximum atomic E-state index is 8.67. The van der Waals surface area contributed by atoms with Gasteiger partial charge in [0.15, 0.2) is 0 Å². The molecule has 14 heavy (non-hydrogen) atoms. The van der Waals surface area contributed by atoms with E-state index in [1.807, 2.05) is 24.3 Å². The van der Waals surface area contributed by atoms with Crippen molar-refractivity contribution in [1.29, 1.82) is 0 Å². The minimum Gasteiger partial charge on any atom is -0.491 e. The molecule has 1 aromatic carbocycles. The van der Waals surface area contributed by atoms with Crippen molar-refractivity contribution in [3.8, 4) is 5.75 Å². The first kappa shape index (κ1) is 11.0. The average molecular weight is 196 g/mol. The molecule has 0 atom stereocenters. The molecule has 3 heteroatoms. The summed E-state index contributed by atoms with van der Waals surface area (Å²) in [6.07, 6.45) is 1.62. The Morgan fingerprint density at radius 3 is 2.71 bits per heavy atom. The van der Waals surface area contributed by atoms with Crippen LogP contribution in [0.2, 0.25) is 0 Å². The highest BCUT2D eigenvalue weighted by Crippen LogP contribution is 2.14. The van der Waals surface area contributed by atoms with Crippen molar-refractivity contribution in [2.45, 2.75) is 12.8 Å². The highest BCUT2D eigenvalue weighted by molar-refractivity contribution is 5.28. The molecule has 78 valence electrons. The van der Waals surface area contributed by atoms with E-state index in [9.17, 15) is 0 Å². The molecule has 0 spiro atoms. The lowest BCUT2D eigenvalue weighted by Crippen LogP contribution is -2.01. The molecule has 0 saturated heterocycles. The first-order valence-corrected chi connectivity index (χ1v) is 4.80. The van der Waals surface area contributed by atoms with Gasteiger partial charge >= 0.3 is 0 Å². The Balaban J connectivity index is 2.50. The number of benzene rings is 1. The first-order chi connectivity index (χ1) is 6.86. The van der Waals surface area contributed by atoms with Crippen LogP contribution in [-0.2, 0) is 6.42 Å². The summed E-state index contributed by atoms with van der Waals surface area (Å²) in [5.41, 5.74) is 1.15. The van der Waals surface area contributed by atoms with Gasteiger partial charge in [-0.3, -0.25) is 0 Å². The van der Waals surface area contributed by atoms with Crippen LogP contribution in [0, 0.1) is 0 Å². The highest BCUT2D eigenvalue weighted by Gasteiger charge is 1.96. The quantitative estimate of drug-likeness (QED) is 0.713. The van der Waals surface area contributed by atoms with Gasteiger partial charge in [-0.25, -0.2) is 0 Å². The van der Waals surface area contributed by atoms with Crippen molar-refractivity contribution < 1.29 is 14.9 Å². The van der Waals surface area contributed by atoms with Crippen molar-refractivity contribution in [3.63, 3.8) is 0 Å². The van der Waals surface area contributed by atoms with Gasteiger partial charge in [-0.2, -0.15) is 0 Å². The van der Waals surface area contributed by atoms with Crippen molar-refractivity contribution >= 4 is 0 Å². The summed E-state index contributed by atoms with van der Waals surface area (Å²) in [5.74, 6) is 0.773. The van der Waals surface area contributed by atoms with E-state index in [-0.39, 0.29) is 13.2 Å². The van der Waals surface area contributed by atoms with Crippen LogP contribution in [0.15, 0.2) is 24.3 Å². The van der Waals surface area contributed by atoms with Crippen LogP contribution in [0.25, 0.3) is 0 Å². The van der Waals surface area contributed by atoms with Gasteiger partial charge in [0.2, 0.25) is 0 Å². The third kappa shape index (κ3) is 3.77. The van der Waals surface area contributed by atoms with Gasteiger partial charge in [0, 0.05) is 6.61 Å². The topological polar surface area (TPSA) is 49.7 Å². The van der Waals surface area contributed by atoms with Crippen LogP contribution in [-0.4, -0.2) is 30.0 Å². The Kier molecular flexibility index (Phi) is 5.04. The fourth-order valence-electron chi connectivity index (χ4n) is 1.24. The van der Waals surface area contributed by atoms with E-state index in [1.54, 1.807) is 0 Å². The molecule has 3 nitrogen and oxygen atoms in total. The second kappa shape index (κ2) is 6.40. The lowest BCUT2D eigenvalue weighted by Gasteiger charge is -2.06. The Labute approximate surface area is 84.0 Å². The molecule has 0 bridgehead atoms. The Bertz CT molecular complexity index is 237. The molecule has 0 amide bonds. The predicted octanol–water partition coefficient (Wildman–Crippen LogP) is 0.983. The van der Waals surface area contributed by atoms with Crippen molar-refractivity contribution in [1.82, 2.24) is 0 Å². The number of hydrogen-bond acceptors (Lipinski definition) is 3. The van der Waals surface area contributed by atoms with Gasteiger partial charge in [-0.1, -0.05) is 12.1 Å². The number of aliphatic hydroxyl groups is 2. The molecule has 0 aromatic heterocycles. The van der Waals surface area contributed by atoms with Gasteiger partial charge in [-0.05, 0) is 30.5 Å². The predicted molar refractivity (Wildman–Crippen MR) is 54.4 cm³/mol. The van der Waals surface area contributed by atoms with Crippen LogP contribution in [0.4, 0.5) is 0 Å². The SMILES string of the molecule is OCCCc1cccc(OCCO)c1. The molecule has 0 fully saturated rings. The number of aryl methyl sites for hydroxylation is 1. The molecular weight excluding hydrogens is 180 g/mol. The largest absolute Gasteiger partial charge is 0.491 e. The highest BCUT2D eigenvalue weighted by atomic mass is 16.5. The summed E-state index contributed by atoms with van der Waals surface area (Å²) in [4.78, 5) is 0. The normalized spacial score (nSPS) is 10.1. The summed E-state index contributed by atoms with van der Waals surface area (Å²) in [6, 6.07) is 7.71. The third-order valence-electron chi connectivity index (χ3n) is 1.88. The van der Waals surface area contributed by atoms with E-state index >= 15 is 0 Å². The summed E-state index contributed by atoms with van der Waals surface area (Å²) in [5, 5.41) is 17.3. The van der Waals surface area contributed by atoms with E-state index < -0.39 is 0 Å². The van der Waals surface area contributed by atoms with Crippen LogP contribution in [0.1, 0.15) is 12.0 Å². The molecule has 0 unspecified atom stereocenters. The number of aliphatic hydroxyl groups excluding tert-OH is 2. The second-order valence-corrected chi connectivity index (χ2v) is 3.05. The van der Waals surface area contributed by atoms with Crippen molar-refractivity contribution in [2.24, 2.45) is 0 Å². The Hall–Kier alpha value is -1.06. The monoisotopic (exact) mass is 196 g/mol. The Morgan fingerprint density at radius 2 is 2.00 bits per heavy atom. The van der Waals surface area contributed by atoms with Crippen LogP contribution in [0.3, 0.4) is 0 Å². The lowest BCUT2D eigenvalue weighted by molar-refractivity contribution is 0.201. The second-order valence-electron chi connectivity index (χ2n) is 3.05. The Morgan fingerprint density at radius 1 is 1.14 bits per heavy atom. The van der Waals surface area contributed by atoms with Gasteiger partial charge in [0.1, 0.15) is 12.4 Å². The zero-order valence-electron chi connectivity index (χ0n) is 8.15. The fourth-order valence-corrected chi connectivity index (χ4v) is 1.24. The maximum Gasteiger partial charge on any atom is 0.119 e. The molecular formula is C11H16O3. The van der Waals surface area contributed by atoms with E-state index in [4.69, 9.17) is 14.9 Å². The molecule has 1 aromatic rings. The molecule has 2 N–H and O–H groups in total. The molecule has 0 heterocycles. The summed E-state index contributed by atoms with van der Waals surface area (Å²) >= 11 is 0. The van der Waals surface area contributed by atoms with Gasteiger partial charge < -0.3 is 14.9 Å². The third-order valence-corrected chi connectivity index (χ3v) is 1.88. The van der Waals surface area contributed by atoms with Crippen LogP contribution >= 0.6 is 0 Å². The number of hydrogen-bond donors (Lipinski definition) is 2. The summed E-state index contributed by atoms with van der Waals surface area (Å²) in [7, 11) is 0. The fraction of sp³-hybridized carbons (Fsp3) is 0.455. The summed E-state index contributed by atoms with van der Waals surface area (Å²) in [6.45, 7) is 0.562. The number of rotatable bonds is 6. The van der Waals surface area contributed by atoms with E-state index in [2.05, 4.69) is 0 Å². The number of ether oxygens (including phenoxy) is 1. The van der Waals surface area contributed by atoms with Crippen LogP contribution in [0.5, 0.6) is 5.75 Å². The van der Waals surface area contributed by atoms with Gasteiger partial charge in [-0.15, -0.1) is 0 Å². The van der Waals surface area contributed by atoms with Gasteiger partial charge in [0.05, 0.1) is 6.61 Å². The molecule has 0 radical (unpaired) electrons. The molecule has 1 rings (SSSR count). The summed E-state index contributed by atoms with van der Waals surface area (Å²) < 4.78 is 5.26. The van der Waals surface area contributed by atoms with Crippen molar-refractivity contribution in [2.75, 3.05) is 19.8 Å². The standard InChI is InChI=1S/C11H16O3/c12-6-2-4-10-3-1-5-11(9-10)14-8-7-13/h1,3,5,9,12-13H,2,4,6-8H2. The average Bonchev–Trinajstić information content (AvgIpc) is 2.24. The zero-order valence-corrected chi connectivity index (χ0v) is 8.15. The van der Waals surface area contributed by atoms with E-state index in [0.29, 0.717) is 6.61 Å². The minimum absolute atomic E-state index is 0.0286. The molecule has 0 saturated carbocycles. The lowest BCUT2D eigenvalue weighted by atomic mass is 10.1. The first-order valence-electron chi connectivity index (χ1n) is 4.80. The molecule has 0 aliphatic heterocycles. The van der Waals surface area contributed by atoms with Crippen molar-refractivity contribution in [3.05, 3.63) is 29.8 Å². The zero-order chi connectivity index (χ0) is 10.2. The smallest absolute Gasteiger partial charge is 0.119 e. The van der Waals surface area contributed by atoms with Crippen LogP contribution < -0.4 is 4.74 Å². The van der Waals surface area contributed by atoms with E-state index in [0.717, 1.165) is 24.2 Å². The molecule has 0 aliphatic rings. The molecule has 0 aliphatic carbocycles.